The number of rotatable bonds is 7. The van der Waals surface area contributed by atoms with Gasteiger partial charge in [-0.1, -0.05) is 0 Å². The standard InChI is InChI=1S/C12H25N3O3S/c1-19(17,18)15-8-6-14(7-9-15)5-4-12(10-16)13-11-2-3-11/h11-13,16H,2-10H2,1H3. The number of hydrogen-bond donors (Lipinski definition) is 2. The van der Waals surface area contributed by atoms with Crippen molar-refractivity contribution in [2.45, 2.75) is 31.3 Å². The summed E-state index contributed by atoms with van der Waals surface area (Å²) in [7, 11) is -3.04. The quantitative estimate of drug-likeness (QED) is 0.634. The molecule has 0 aromatic rings. The van der Waals surface area contributed by atoms with Crippen molar-refractivity contribution in [2.75, 3.05) is 45.6 Å². The minimum atomic E-state index is -3.04. The van der Waals surface area contributed by atoms with Crippen molar-refractivity contribution in [3.05, 3.63) is 0 Å². The molecule has 0 aromatic heterocycles. The molecule has 1 saturated heterocycles. The first-order valence-corrected chi connectivity index (χ1v) is 8.88. The van der Waals surface area contributed by atoms with Gasteiger partial charge in [0.2, 0.25) is 10.0 Å². The Kier molecular flexibility index (Phi) is 5.19. The molecule has 2 rings (SSSR count). The van der Waals surface area contributed by atoms with Crippen LogP contribution in [0.3, 0.4) is 0 Å². The fourth-order valence-corrected chi connectivity index (χ4v) is 3.26. The Morgan fingerprint density at radius 2 is 1.89 bits per heavy atom. The molecule has 0 amide bonds. The molecule has 19 heavy (non-hydrogen) atoms. The lowest BCUT2D eigenvalue weighted by Crippen LogP contribution is -2.49. The Morgan fingerprint density at radius 1 is 1.26 bits per heavy atom. The lowest BCUT2D eigenvalue weighted by atomic mass is 10.2. The van der Waals surface area contributed by atoms with Crippen LogP contribution in [0.2, 0.25) is 0 Å². The molecule has 1 saturated carbocycles. The zero-order chi connectivity index (χ0) is 13.9. The number of hydrogen-bond acceptors (Lipinski definition) is 5. The second-order valence-corrected chi connectivity index (χ2v) is 7.60. The Balaban J connectivity index is 1.67. The van der Waals surface area contributed by atoms with Crippen LogP contribution < -0.4 is 5.32 Å². The molecule has 7 heteroatoms. The molecule has 6 nitrogen and oxygen atoms in total. The molecule has 1 aliphatic carbocycles. The van der Waals surface area contributed by atoms with E-state index < -0.39 is 10.0 Å². The highest BCUT2D eigenvalue weighted by atomic mass is 32.2. The second-order valence-electron chi connectivity index (χ2n) is 5.61. The van der Waals surface area contributed by atoms with Crippen molar-refractivity contribution in [2.24, 2.45) is 0 Å². The molecular formula is C12H25N3O3S. The average molecular weight is 291 g/mol. The summed E-state index contributed by atoms with van der Waals surface area (Å²) in [5, 5.41) is 12.7. The van der Waals surface area contributed by atoms with Gasteiger partial charge in [-0.05, 0) is 25.8 Å². The minimum Gasteiger partial charge on any atom is -0.395 e. The molecule has 1 heterocycles. The van der Waals surface area contributed by atoms with Gasteiger partial charge in [0.1, 0.15) is 0 Å². The van der Waals surface area contributed by atoms with Crippen molar-refractivity contribution in [3.63, 3.8) is 0 Å². The van der Waals surface area contributed by atoms with Gasteiger partial charge in [0, 0.05) is 38.3 Å². The van der Waals surface area contributed by atoms with Gasteiger partial charge in [-0.2, -0.15) is 4.31 Å². The molecule has 2 fully saturated rings. The molecule has 1 aliphatic heterocycles. The molecule has 0 bridgehead atoms. The topological polar surface area (TPSA) is 72.9 Å². The zero-order valence-electron chi connectivity index (χ0n) is 11.6. The third kappa shape index (κ3) is 5.00. The Hall–Kier alpha value is -0.210. The van der Waals surface area contributed by atoms with E-state index in [1.165, 1.54) is 23.4 Å². The summed E-state index contributed by atoms with van der Waals surface area (Å²) in [5.41, 5.74) is 0. The second kappa shape index (κ2) is 6.49. The maximum Gasteiger partial charge on any atom is 0.211 e. The van der Waals surface area contributed by atoms with E-state index in [1.54, 1.807) is 0 Å². The number of nitrogens with zero attached hydrogens (tertiary/aromatic N) is 2. The molecular weight excluding hydrogens is 266 g/mol. The highest BCUT2D eigenvalue weighted by Gasteiger charge is 2.26. The molecule has 1 atom stereocenters. The van der Waals surface area contributed by atoms with Gasteiger partial charge in [-0.25, -0.2) is 8.42 Å². The molecule has 0 spiro atoms. The Bertz CT molecular complexity index is 376. The number of sulfonamides is 1. The van der Waals surface area contributed by atoms with Gasteiger partial charge in [-0.3, -0.25) is 0 Å². The first-order valence-electron chi connectivity index (χ1n) is 7.03. The third-order valence-electron chi connectivity index (χ3n) is 3.86. The molecule has 0 aromatic carbocycles. The summed E-state index contributed by atoms with van der Waals surface area (Å²) < 4.78 is 24.3. The number of aliphatic hydroxyl groups excluding tert-OH is 1. The maximum atomic E-state index is 11.4. The smallest absolute Gasteiger partial charge is 0.211 e. The van der Waals surface area contributed by atoms with E-state index in [9.17, 15) is 13.5 Å². The van der Waals surface area contributed by atoms with Gasteiger partial charge in [0.25, 0.3) is 0 Å². The van der Waals surface area contributed by atoms with Gasteiger partial charge in [0.05, 0.1) is 12.9 Å². The predicted molar refractivity (Wildman–Crippen MR) is 74.5 cm³/mol. The van der Waals surface area contributed by atoms with Crippen LogP contribution in [0, 0.1) is 0 Å². The van der Waals surface area contributed by atoms with Crippen LogP contribution in [0.15, 0.2) is 0 Å². The van der Waals surface area contributed by atoms with Crippen LogP contribution in [-0.4, -0.2) is 80.4 Å². The molecule has 1 unspecified atom stereocenters. The van der Waals surface area contributed by atoms with Gasteiger partial charge in [-0.15, -0.1) is 0 Å². The Morgan fingerprint density at radius 3 is 2.37 bits per heavy atom. The number of piperazine rings is 1. The van der Waals surface area contributed by atoms with E-state index in [-0.39, 0.29) is 12.6 Å². The molecule has 2 N–H and O–H groups in total. The highest BCUT2D eigenvalue weighted by Crippen LogP contribution is 2.20. The van der Waals surface area contributed by atoms with Gasteiger partial charge >= 0.3 is 0 Å². The normalized spacial score (nSPS) is 24.5. The first kappa shape index (κ1) is 15.2. The van der Waals surface area contributed by atoms with Crippen molar-refractivity contribution in [1.82, 2.24) is 14.5 Å². The fraction of sp³-hybridized carbons (Fsp3) is 1.00. The first-order chi connectivity index (χ1) is 8.99. The van der Waals surface area contributed by atoms with Crippen LogP contribution in [0.25, 0.3) is 0 Å². The SMILES string of the molecule is CS(=O)(=O)N1CCN(CCC(CO)NC2CC2)CC1. The lowest BCUT2D eigenvalue weighted by Gasteiger charge is -2.33. The maximum absolute atomic E-state index is 11.4. The van der Waals surface area contributed by atoms with E-state index >= 15 is 0 Å². The van der Waals surface area contributed by atoms with Crippen molar-refractivity contribution in [3.8, 4) is 0 Å². The summed E-state index contributed by atoms with van der Waals surface area (Å²) in [6.07, 6.45) is 4.64. The fourth-order valence-electron chi connectivity index (χ4n) is 2.43. The third-order valence-corrected chi connectivity index (χ3v) is 5.17. The summed E-state index contributed by atoms with van der Waals surface area (Å²) in [6, 6.07) is 0.791. The zero-order valence-corrected chi connectivity index (χ0v) is 12.4. The number of nitrogens with one attached hydrogen (secondary N) is 1. The van der Waals surface area contributed by atoms with Crippen LogP contribution in [0.5, 0.6) is 0 Å². The minimum absolute atomic E-state index is 0.180. The summed E-state index contributed by atoms with van der Waals surface area (Å²) in [4.78, 5) is 2.28. The summed E-state index contributed by atoms with van der Waals surface area (Å²) >= 11 is 0. The van der Waals surface area contributed by atoms with Crippen LogP contribution >= 0.6 is 0 Å². The largest absolute Gasteiger partial charge is 0.395 e. The summed E-state index contributed by atoms with van der Waals surface area (Å²) in [6.45, 7) is 3.84. The Labute approximate surface area is 115 Å². The molecule has 112 valence electrons. The van der Waals surface area contributed by atoms with E-state index in [0.29, 0.717) is 19.1 Å². The predicted octanol–water partition coefficient (Wildman–Crippen LogP) is -0.933. The van der Waals surface area contributed by atoms with Crippen LogP contribution in [0.1, 0.15) is 19.3 Å². The van der Waals surface area contributed by atoms with Crippen molar-refractivity contribution < 1.29 is 13.5 Å². The van der Waals surface area contributed by atoms with E-state index in [4.69, 9.17) is 0 Å². The van der Waals surface area contributed by atoms with Crippen molar-refractivity contribution in [1.29, 1.82) is 0 Å². The number of aliphatic hydroxyl groups is 1. The van der Waals surface area contributed by atoms with Gasteiger partial charge in [0.15, 0.2) is 0 Å². The monoisotopic (exact) mass is 291 g/mol. The molecule has 2 aliphatic rings. The van der Waals surface area contributed by atoms with Crippen LogP contribution in [-0.2, 0) is 10.0 Å². The highest BCUT2D eigenvalue weighted by molar-refractivity contribution is 7.88. The van der Waals surface area contributed by atoms with E-state index in [1.807, 2.05) is 0 Å². The van der Waals surface area contributed by atoms with E-state index in [0.717, 1.165) is 26.1 Å². The van der Waals surface area contributed by atoms with E-state index in [2.05, 4.69) is 10.2 Å². The van der Waals surface area contributed by atoms with Crippen molar-refractivity contribution >= 4 is 10.0 Å². The van der Waals surface area contributed by atoms with Gasteiger partial charge < -0.3 is 15.3 Å². The average Bonchev–Trinajstić information content (AvgIpc) is 3.18. The lowest BCUT2D eigenvalue weighted by molar-refractivity contribution is 0.166. The summed E-state index contributed by atoms with van der Waals surface area (Å²) in [5.74, 6) is 0. The van der Waals surface area contributed by atoms with Crippen LogP contribution in [0.4, 0.5) is 0 Å². The molecule has 0 radical (unpaired) electrons.